The second-order valence-corrected chi connectivity index (χ2v) is 8.09. The molecule has 1 aliphatic heterocycles. The molecule has 22 heavy (non-hydrogen) atoms. The molecule has 5 nitrogen and oxygen atoms in total. The van der Waals surface area contributed by atoms with Gasteiger partial charge < -0.3 is 10.1 Å². The van der Waals surface area contributed by atoms with Crippen molar-refractivity contribution in [3.8, 4) is 5.75 Å². The second kappa shape index (κ2) is 8.17. The topological polar surface area (TPSA) is 67.4 Å². The number of methoxy groups -OCH3 is 1. The van der Waals surface area contributed by atoms with E-state index in [0.717, 1.165) is 13.0 Å². The van der Waals surface area contributed by atoms with Gasteiger partial charge in [-0.2, -0.15) is 0 Å². The normalized spacial score (nSPS) is 22.0. The number of ether oxygens (including phenoxy) is 1. The zero-order valence-electron chi connectivity index (χ0n) is 12.2. The summed E-state index contributed by atoms with van der Waals surface area (Å²) in [7, 11) is -2.28. The highest BCUT2D eigenvalue weighted by Gasteiger charge is 2.29. The van der Waals surface area contributed by atoms with Crippen molar-refractivity contribution in [3.63, 3.8) is 0 Å². The molecule has 1 saturated heterocycles. The first kappa shape index (κ1) is 20.0. The molecule has 0 saturated carbocycles. The average Bonchev–Trinajstić information content (AvgIpc) is 2.40. The number of nitrogens with one attached hydrogen (secondary N) is 2. The molecule has 1 aromatic carbocycles. The zero-order valence-corrected chi connectivity index (χ0v) is 16.2. The van der Waals surface area contributed by atoms with E-state index in [1.54, 1.807) is 6.07 Å². The lowest BCUT2D eigenvalue weighted by atomic mass is 9.96. The third-order valence-corrected chi connectivity index (χ3v) is 5.90. The van der Waals surface area contributed by atoms with E-state index in [4.69, 9.17) is 16.3 Å². The first-order chi connectivity index (χ1) is 9.85. The predicted molar refractivity (Wildman–Crippen MR) is 93.7 cm³/mol. The Morgan fingerprint density at radius 1 is 1.45 bits per heavy atom. The monoisotopic (exact) mass is 432 g/mol. The van der Waals surface area contributed by atoms with Crippen molar-refractivity contribution in [1.29, 1.82) is 0 Å². The number of rotatable bonds is 4. The van der Waals surface area contributed by atoms with Crippen LogP contribution in [-0.2, 0) is 10.0 Å². The quantitative estimate of drug-likeness (QED) is 0.765. The molecule has 0 aromatic heterocycles. The molecule has 0 aliphatic carbocycles. The average molecular weight is 434 g/mol. The van der Waals surface area contributed by atoms with Crippen molar-refractivity contribution in [2.45, 2.75) is 24.3 Å². The number of hydrogen-bond donors (Lipinski definition) is 2. The van der Waals surface area contributed by atoms with Crippen molar-refractivity contribution < 1.29 is 13.2 Å². The lowest BCUT2D eigenvalue weighted by Crippen LogP contribution is -2.50. The number of benzene rings is 1. The van der Waals surface area contributed by atoms with Gasteiger partial charge in [0.15, 0.2) is 5.75 Å². The minimum absolute atomic E-state index is 0. The van der Waals surface area contributed by atoms with Crippen molar-refractivity contribution in [2.75, 3.05) is 20.2 Å². The summed E-state index contributed by atoms with van der Waals surface area (Å²) in [5, 5.41) is 3.53. The van der Waals surface area contributed by atoms with Gasteiger partial charge in [0.25, 0.3) is 0 Å². The van der Waals surface area contributed by atoms with Gasteiger partial charge in [0.2, 0.25) is 10.0 Å². The largest absolute Gasteiger partial charge is 0.494 e. The Kier molecular flexibility index (Phi) is 7.42. The first-order valence-electron chi connectivity index (χ1n) is 6.61. The molecule has 9 heteroatoms. The van der Waals surface area contributed by atoms with Crippen LogP contribution in [0.2, 0.25) is 5.02 Å². The minimum Gasteiger partial charge on any atom is -0.494 e. The third-order valence-electron chi connectivity index (χ3n) is 3.60. The Balaban J connectivity index is 0.00000242. The number of hydrogen-bond acceptors (Lipinski definition) is 4. The fraction of sp³-hybridized carbons (Fsp3) is 0.538. The summed E-state index contributed by atoms with van der Waals surface area (Å²) in [5.41, 5.74) is 0. The second-order valence-electron chi connectivity index (χ2n) is 5.12. The van der Waals surface area contributed by atoms with Crippen LogP contribution < -0.4 is 14.8 Å². The van der Waals surface area contributed by atoms with Crippen LogP contribution in [0.1, 0.15) is 13.3 Å². The Morgan fingerprint density at radius 2 is 2.14 bits per heavy atom. The molecule has 0 amide bonds. The fourth-order valence-electron chi connectivity index (χ4n) is 2.34. The summed E-state index contributed by atoms with van der Waals surface area (Å²) in [5.74, 6) is 0.526. The Bertz CT molecular complexity index is 628. The van der Waals surface area contributed by atoms with Gasteiger partial charge in [-0.15, -0.1) is 12.4 Å². The van der Waals surface area contributed by atoms with Gasteiger partial charge in [0.1, 0.15) is 4.90 Å². The van der Waals surface area contributed by atoms with E-state index in [1.807, 2.05) is 6.92 Å². The summed E-state index contributed by atoms with van der Waals surface area (Å²) in [6, 6.07) is 2.85. The van der Waals surface area contributed by atoms with Crippen LogP contribution in [0.3, 0.4) is 0 Å². The molecule has 0 spiro atoms. The highest BCUT2D eigenvalue weighted by Crippen LogP contribution is 2.35. The smallest absolute Gasteiger partial charge is 0.244 e. The molecule has 2 unspecified atom stereocenters. The predicted octanol–water partition coefficient (Wildman–Crippen LogP) is 2.81. The minimum atomic E-state index is -3.71. The van der Waals surface area contributed by atoms with Crippen molar-refractivity contribution in [1.82, 2.24) is 10.0 Å². The van der Waals surface area contributed by atoms with Crippen LogP contribution in [0.4, 0.5) is 0 Å². The van der Waals surface area contributed by atoms with Crippen molar-refractivity contribution in [2.24, 2.45) is 5.92 Å². The maximum atomic E-state index is 12.6. The lowest BCUT2D eigenvalue weighted by molar-refractivity contribution is 0.326. The number of piperidine rings is 1. The van der Waals surface area contributed by atoms with E-state index >= 15 is 0 Å². The molecule has 1 fully saturated rings. The third kappa shape index (κ3) is 4.49. The first-order valence-corrected chi connectivity index (χ1v) is 9.26. The molecule has 2 atom stereocenters. The summed E-state index contributed by atoms with van der Waals surface area (Å²) < 4.78 is 33.7. The van der Waals surface area contributed by atoms with E-state index in [0.29, 0.717) is 16.0 Å². The van der Waals surface area contributed by atoms with Crippen LogP contribution in [0.5, 0.6) is 5.75 Å². The Hall–Kier alpha value is -0.0500. The summed E-state index contributed by atoms with van der Waals surface area (Å²) >= 11 is 9.24. The van der Waals surface area contributed by atoms with E-state index in [-0.39, 0.29) is 35.0 Å². The fourth-order valence-corrected chi connectivity index (χ4v) is 5.07. The van der Waals surface area contributed by atoms with E-state index in [9.17, 15) is 8.42 Å². The molecule has 2 N–H and O–H groups in total. The standard InChI is InChI=1S/C13H18BrClN2O3S.ClH/c1-8-3-4-16-7-11(8)17-21(18,19)12-6-9(15)5-10(14)13(12)20-2;/h5-6,8,11,16-17H,3-4,7H2,1-2H3;1H. The maximum Gasteiger partial charge on any atom is 0.244 e. The van der Waals surface area contributed by atoms with Crippen molar-refractivity contribution in [3.05, 3.63) is 21.6 Å². The van der Waals surface area contributed by atoms with E-state index in [1.165, 1.54) is 13.2 Å². The lowest BCUT2D eigenvalue weighted by Gasteiger charge is -2.30. The van der Waals surface area contributed by atoms with Gasteiger partial charge in [0.05, 0.1) is 11.6 Å². The van der Waals surface area contributed by atoms with E-state index in [2.05, 4.69) is 26.0 Å². The van der Waals surface area contributed by atoms with Gasteiger partial charge in [-0.1, -0.05) is 18.5 Å². The van der Waals surface area contributed by atoms with Crippen LogP contribution in [0.25, 0.3) is 0 Å². The van der Waals surface area contributed by atoms with Gasteiger partial charge in [-0.3, -0.25) is 0 Å². The SMILES string of the molecule is COc1c(Br)cc(Cl)cc1S(=O)(=O)NC1CNCCC1C.Cl. The molecule has 0 radical (unpaired) electrons. The number of halogens is 3. The molecule has 1 aliphatic rings. The molecular formula is C13H19BrCl2N2O3S. The maximum absolute atomic E-state index is 12.6. The molecule has 0 bridgehead atoms. The van der Waals surface area contributed by atoms with Gasteiger partial charge in [-0.05, 0) is 46.9 Å². The molecule has 1 aromatic rings. The van der Waals surface area contributed by atoms with Gasteiger partial charge in [0, 0.05) is 17.6 Å². The van der Waals surface area contributed by atoms with Gasteiger partial charge in [-0.25, -0.2) is 13.1 Å². The van der Waals surface area contributed by atoms with Crippen molar-refractivity contribution >= 4 is 50.0 Å². The molecule has 126 valence electrons. The molecular weight excluding hydrogens is 415 g/mol. The summed E-state index contributed by atoms with van der Waals surface area (Å²) in [6.45, 7) is 3.56. The highest BCUT2D eigenvalue weighted by atomic mass is 79.9. The number of sulfonamides is 1. The Labute approximate surface area is 150 Å². The van der Waals surface area contributed by atoms with Crippen LogP contribution in [0.15, 0.2) is 21.5 Å². The van der Waals surface area contributed by atoms with Crippen LogP contribution in [-0.4, -0.2) is 34.7 Å². The molecule has 2 rings (SSSR count). The van der Waals surface area contributed by atoms with E-state index < -0.39 is 10.0 Å². The molecule has 1 heterocycles. The summed E-state index contributed by atoms with van der Waals surface area (Å²) in [4.78, 5) is 0.0437. The highest BCUT2D eigenvalue weighted by molar-refractivity contribution is 9.10. The van der Waals surface area contributed by atoms with Crippen LogP contribution >= 0.6 is 39.9 Å². The Morgan fingerprint density at radius 3 is 2.73 bits per heavy atom. The summed E-state index contributed by atoms with van der Waals surface area (Å²) in [6.07, 6.45) is 0.934. The zero-order chi connectivity index (χ0) is 15.6. The van der Waals surface area contributed by atoms with Crippen LogP contribution in [0, 0.1) is 5.92 Å². The van der Waals surface area contributed by atoms with Gasteiger partial charge >= 0.3 is 0 Å².